The van der Waals surface area contributed by atoms with Gasteiger partial charge >= 0.3 is 5.97 Å². The van der Waals surface area contributed by atoms with Crippen LogP contribution in [0.4, 0.5) is 0 Å². The quantitative estimate of drug-likeness (QED) is 0.777. The number of esters is 1. The molecule has 0 radical (unpaired) electrons. The maximum absolute atomic E-state index is 12.9. The number of aliphatic imine (C=N–C) groups is 1. The van der Waals surface area contributed by atoms with E-state index in [1.807, 2.05) is 6.92 Å². The average Bonchev–Trinajstić information content (AvgIpc) is 2.62. The summed E-state index contributed by atoms with van der Waals surface area (Å²) in [5, 5.41) is 10.1. The summed E-state index contributed by atoms with van der Waals surface area (Å²) >= 11 is 0. The predicted octanol–water partition coefficient (Wildman–Crippen LogP) is 3.92. The van der Waals surface area contributed by atoms with Gasteiger partial charge in [-0.25, -0.2) is 4.79 Å². The number of aromatic hydroxyl groups is 1. The number of carbonyl (C=O) groups excluding carboxylic acids is 2. The molecule has 1 fully saturated rings. The van der Waals surface area contributed by atoms with Gasteiger partial charge in [0.1, 0.15) is 5.78 Å². The lowest BCUT2D eigenvalue weighted by molar-refractivity contribution is -0.143. The Balaban J connectivity index is 2.15. The predicted molar refractivity (Wildman–Crippen MR) is 106 cm³/mol. The zero-order chi connectivity index (χ0) is 20.4. The van der Waals surface area contributed by atoms with E-state index in [1.54, 1.807) is 39.0 Å². The van der Waals surface area contributed by atoms with Crippen LogP contribution in [0.2, 0.25) is 0 Å². The molecule has 0 spiro atoms. The number of ether oxygens (including phenoxy) is 2. The molecule has 150 valence electrons. The number of nitrogens with zero attached hydrogens (tertiary/aromatic N) is 1. The van der Waals surface area contributed by atoms with Crippen LogP contribution < -0.4 is 4.74 Å². The van der Waals surface area contributed by atoms with Gasteiger partial charge in [-0.2, -0.15) is 0 Å². The fourth-order valence-corrected chi connectivity index (χ4v) is 4.02. The Kier molecular flexibility index (Phi) is 5.87. The van der Waals surface area contributed by atoms with Gasteiger partial charge in [0.15, 0.2) is 11.5 Å². The molecule has 1 heterocycles. The minimum atomic E-state index is -0.494. The molecule has 1 aliphatic carbocycles. The molecule has 28 heavy (non-hydrogen) atoms. The van der Waals surface area contributed by atoms with E-state index in [-0.39, 0.29) is 17.6 Å². The summed E-state index contributed by atoms with van der Waals surface area (Å²) < 4.78 is 11.0. The van der Waals surface area contributed by atoms with Crippen molar-refractivity contribution in [1.82, 2.24) is 0 Å². The van der Waals surface area contributed by atoms with Gasteiger partial charge in [0.05, 0.1) is 24.2 Å². The van der Waals surface area contributed by atoms with Crippen LogP contribution in [0.1, 0.15) is 58.4 Å². The van der Waals surface area contributed by atoms with Crippen molar-refractivity contribution >= 4 is 17.5 Å². The molecule has 0 saturated heterocycles. The molecule has 0 amide bonds. The third kappa shape index (κ3) is 3.81. The fourth-order valence-electron chi connectivity index (χ4n) is 4.02. The van der Waals surface area contributed by atoms with E-state index in [0.29, 0.717) is 30.0 Å². The minimum Gasteiger partial charge on any atom is -0.504 e. The third-order valence-corrected chi connectivity index (χ3v) is 5.11. The van der Waals surface area contributed by atoms with Gasteiger partial charge in [-0.05, 0) is 58.2 Å². The summed E-state index contributed by atoms with van der Waals surface area (Å²) in [7, 11) is 0. The summed E-state index contributed by atoms with van der Waals surface area (Å²) in [5.41, 5.74) is 2.56. The number of phenols is 1. The van der Waals surface area contributed by atoms with Gasteiger partial charge in [0, 0.05) is 23.7 Å². The number of hydrogen-bond acceptors (Lipinski definition) is 6. The van der Waals surface area contributed by atoms with E-state index < -0.39 is 17.8 Å². The van der Waals surface area contributed by atoms with Crippen molar-refractivity contribution in [3.8, 4) is 11.5 Å². The maximum Gasteiger partial charge on any atom is 0.336 e. The Morgan fingerprint density at radius 2 is 2.04 bits per heavy atom. The zero-order valence-electron chi connectivity index (χ0n) is 16.8. The minimum absolute atomic E-state index is 0.0253. The molecule has 0 bridgehead atoms. The molecule has 2 aliphatic rings. The largest absolute Gasteiger partial charge is 0.504 e. The second-order valence-electron chi connectivity index (χ2n) is 7.49. The van der Waals surface area contributed by atoms with E-state index in [9.17, 15) is 14.7 Å². The summed E-state index contributed by atoms with van der Waals surface area (Å²) in [4.78, 5) is 30.4. The van der Waals surface area contributed by atoms with Crippen LogP contribution in [0.5, 0.6) is 11.5 Å². The van der Waals surface area contributed by atoms with E-state index in [2.05, 4.69) is 4.99 Å². The molecule has 6 heteroatoms. The van der Waals surface area contributed by atoms with E-state index >= 15 is 0 Å². The Bertz CT molecular complexity index is 852. The number of benzene rings is 1. The summed E-state index contributed by atoms with van der Waals surface area (Å²) in [6, 6.07) is 4.99. The van der Waals surface area contributed by atoms with Crippen molar-refractivity contribution < 1.29 is 24.2 Å². The third-order valence-electron chi connectivity index (χ3n) is 5.11. The molecule has 1 N–H and O–H groups in total. The van der Waals surface area contributed by atoms with Gasteiger partial charge in [-0.3, -0.25) is 9.79 Å². The highest BCUT2D eigenvalue weighted by molar-refractivity contribution is 6.11. The molecule has 6 nitrogen and oxygen atoms in total. The van der Waals surface area contributed by atoms with Crippen molar-refractivity contribution in [1.29, 1.82) is 0 Å². The van der Waals surface area contributed by atoms with Gasteiger partial charge in [0.25, 0.3) is 0 Å². The fraction of sp³-hybridized carbons (Fsp3) is 0.500. The average molecular weight is 385 g/mol. The molecule has 3 rings (SSSR count). The van der Waals surface area contributed by atoms with Crippen molar-refractivity contribution in [2.24, 2.45) is 10.9 Å². The van der Waals surface area contributed by atoms with Crippen LogP contribution >= 0.6 is 0 Å². The van der Waals surface area contributed by atoms with Crippen molar-refractivity contribution in [2.75, 3.05) is 6.61 Å². The molecule has 1 aromatic carbocycles. The van der Waals surface area contributed by atoms with Gasteiger partial charge in [-0.15, -0.1) is 0 Å². The zero-order valence-corrected chi connectivity index (χ0v) is 16.8. The van der Waals surface area contributed by atoms with Gasteiger partial charge in [-0.1, -0.05) is 6.07 Å². The maximum atomic E-state index is 12.9. The highest BCUT2D eigenvalue weighted by Gasteiger charge is 2.44. The van der Waals surface area contributed by atoms with Crippen LogP contribution in [-0.4, -0.2) is 35.3 Å². The number of ketones is 1. The lowest BCUT2D eigenvalue weighted by Gasteiger charge is -2.35. The number of phenolic OH excluding ortho intramolecular Hbond substituents is 1. The number of rotatable bonds is 5. The standard InChI is InChI=1S/C22H27NO5/c1-5-27-18-11-14(9-10-16(18)24)20-19(22(26)28-12(2)3)13(4)23-15-7-6-8-17(25)21(15)20/h9-12,20-21,24H,5-8H2,1-4H3. The molecule has 2 atom stereocenters. The molecular formula is C22H27NO5. The number of fused-ring (bicyclic) bond motifs is 1. The first-order valence-corrected chi connectivity index (χ1v) is 9.81. The lowest BCUT2D eigenvalue weighted by Crippen LogP contribution is -2.39. The second-order valence-corrected chi connectivity index (χ2v) is 7.49. The first-order valence-electron chi connectivity index (χ1n) is 9.81. The summed E-state index contributed by atoms with van der Waals surface area (Å²) in [5.74, 6) is -0.982. The van der Waals surface area contributed by atoms with Crippen molar-refractivity contribution in [3.05, 3.63) is 35.0 Å². The van der Waals surface area contributed by atoms with Crippen LogP contribution in [0.25, 0.3) is 0 Å². The number of Topliss-reactive ketones (excluding diaryl/α,β-unsaturated/α-hetero) is 1. The summed E-state index contributed by atoms with van der Waals surface area (Å²) in [6.07, 6.45) is 1.72. The van der Waals surface area contributed by atoms with E-state index in [0.717, 1.165) is 24.1 Å². The van der Waals surface area contributed by atoms with E-state index in [4.69, 9.17) is 9.47 Å². The lowest BCUT2D eigenvalue weighted by atomic mass is 9.69. The molecular weight excluding hydrogens is 358 g/mol. The van der Waals surface area contributed by atoms with Gasteiger partial charge in [0.2, 0.25) is 0 Å². The number of allylic oxidation sites excluding steroid dienone is 1. The van der Waals surface area contributed by atoms with Gasteiger partial charge < -0.3 is 14.6 Å². The van der Waals surface area contributed by atoms with Crippen molar-refractivity contribution in [3.63, 3.8) is 0 Å². The molecule has 0 aromatic heterocycles. The van der Waals surface area contributed by atoms with E-state index in [1.165, 1.54) is 0 Å². The number of hydrogen-bond donors (Lipinski definition) is 1. The normalized spacial score (nSPS) is 22.0. The highest BCUT2D eigenvalue weighted by Crippen LogP contribution is 2.44. The van der Waals surface area contributed by atoms with Crippen LogP contribution in [0, 0.1) is 5.92 Å². The number of carbonyl (C=O) groups is 2. The Morgan fingerprint density at radius 1 is 1.29 bits per heavy atom. The SMILES string of the molecule is CCOc1cc(C2C(C(=O)OC(C)C)=C(C)N=C3CCCC(=O)C32)ccc1O. The highest BCUT2D eigenvalue weighted by atomic mass is 16.5. The molecule has 1 aromatic rings. The first-order chi connectivity index (χ1) is 13.3. The molecule has 2 unspecified atom stereocenters. The van der Waals surface area contributed by atoms with Crippen molar-refractivity contribution in [2.45, 2.75) is 59.0 Å². The Labute approximate surface area is 165 Å². The monoisotopic (exact) mass is 385 g/mol. The summed E-state index contributed by atoms with van der Waals surface area (Å²) in [6.45, 7) is 7.60. The first kappa shape index (κ1) is 20.1. The molecule has 1 saturated carbocycles. The Morgan fingerprint density at radius 3 is 2.71 bits per heavy atom. The van der Waals surface area contributed by atoms with Crippen LogP contribution in [-0.2, 0) is 14.3 Å². The Hall–Kier alpha value is -2.63. The topological polar surface area (TPSA) is 85.2 Å². The van der Waals surface area contributed by atoms with Crippen LogP contribution in [0.15, 0.2) is 34.5 Å². The van der Waals surface area contributed by atoms with Crippen LogP contribution in [0.3, 0.4) is 0 Å². The molecule has 1 aliphatic heterocycles. The smallest absolute Gasteiger partial charge is 0.336 e. The second kappa shape index (κ2) is 8.17.